The normalized spacial score (nSPS) is 12.4. The lowest BCUT2D eigenvalue weighted by Crippen LogP contribution is -2.18. The van der Waals surface area contributed by atoms with Gasteiger partial charge < -0.3 is 10.1 Å². The van der Waals surface area contributed by atoms with Crippen LogP contribution in [0.15, 0.2) is 30.3 Å². The predicted octanol–water partition coefficient (Wildman–Crippen LogP) is 5.21. The smallest absolute Gasteiger partial charge is 0.124 e. The molecule has 2 aromatic rings. The van der Waals surface area contributed by atoms with Crippen molar-refractivity contribution in [2.24, 2.45) is 0 Å². The summed E-state index contributed by atoms with van der Waals surface area (Å²) in [4.78, 5) is 2.65. The van der Waals surface area contributed by atoms with Crippen molar-refractivity contribution in [2.75, 3.05) is 6.54 Å². The van der Waals surface area contributed by atoms with Crippen LogP contribution in [0.5, 0.6) is 5.75 Å². The maximum Gasteiger partial charge on any atom is 0.124 e. The van der Waals surface area contributed by atoms with Gasteiger partial charge in [-0.1, -0.05) is 25.4 Å². The van der Waals surface area contributed by atoms with E-state index in [0.717, 1.165) is 29.3 Å². The van der Waals surface area contributed by atoms with Crippen LogP contribution in [0.2, 0.25) is 5.02 Å². The van der Waals surface area contributed by atoms with Crippen LogP contribution < -0.4 is 10.1 Å². The summed E-state index contributed by atoms with van der Waals surface area (Å²) >= 11 is 7.93. The van der Waals surface area contributed by atoms with Gasteiger partial charge in [0.2, 0.25) is 0 Å². The first kappa shape index (κ1) is 16.3. The van der Waals surface area contributed by atoms with E-state index in [1.165, 1.54) is 9.75 Å². The van der Waals surface area contributed by atoms with Crippen molar-refractivity contribution in [3.05, 3.63) is 50.7 Å². The summed E-state index contributed by atoms with van der Waals surface area (Å²) in [5.74, 6) is 0.902. The lowest BCUT2D eigenvalue weighted by molar-refractivity contribution is 0.303. The Morgan fingerprint density at radius 1 is 1.19 bits per heavy atom. The molecule has 1 heterocycles. The van der Waals surface area contributed by atoms with Crippen molar-refractivity contribution in [3.8, 4) is 5.75 Å². The molecule has 0 spiro atoms. The van der Waals surface area contributed by atoms with Gasteiger partial charge in [-0.2, -0.15) is 0 Å². The molecule has 0 fully saturated rings. The third-order valence-electron chi connectivity index (χ3n) is 3.38. The van der Waals surface area contributed by atoms with Gasteiger partial charge in [0, 0.05) is 26.4 Å². The number of benzene rings is 1. The van der Waals surface area contributed by atoms with Crippen LogP contribution in [0.25, 0.3) is 0 Å². The second kappa shape index (κ2) is 7.83. The van der Waals surface area contributed by atoms with Gasteiger partial charge in [0.05, 0.1) is 0 Å². The highest BCUT2D eigenvalue weighted by Crippen LogP contribution is 2.29. The topological polar surface area (TPSA) is 21.3 Å². The van der Waals surface area contributed by atoms with Gasteiger partial charge in [-0.3, -0.25) is 0 Å². The third kappa shape index (κ3) is 4.47. The molecular formula is C17H22ClNOS. The van der Waals surface area contributed by atoms with E-state index in [9.17, 15) is 0 Å². The predicted molar refractivity (Wildman–Crippen MR) is 91.6 cm³/mol. The van der Waals surface area contributed by atoms with E-state index in [-0.39, 0.29) is 6.04 Å². The second-order valence-electron chi connectivity index (χ2n) is 4.97. The fourth-order valence-corrected chi connectivity index (χ4v) is 3.30. The Balaban J connectivity index is 2.11. The molecule has 1 N–H and O–H groups in total. The monoisotopic (exact) mass is 323 g/mol. The number of thiophene rings is 1. The number of nitrogens with one attached hydrogen (secondary N) is 1. The van der Waals surface area contributed by atoms with E-state index in [2.05, 4.69) is 38.2 Å². The number of hydrogen-bond donors (Lipinski definition) is 1. The standard InChI is InChI=1S/C17H22ClNOS/c1-4-14-7-8-15(21-14)11-20-17-9-6-13(18)10-16(17)12(3)19-5-2/h6-10,12,19H,4-5,11H2,1-3H3. The Hall–Kier alpha value is -1.03. The van der Waals surface area contributed by atoms with E-state index < -0.39 is 0 Å². The largest absolute Gasteiger partial charge is 0.488 e. The fraction of sp³-hybridized carbons (Fsp3) is 0.412. The molecule has 0 aliphatic rings. The minimum absolute atomic E-state index is 0.221. The molecule has 1 aromatic carbocycles. The maximum atomic E-state index is 6.12. The Bertz CT molecular complexity index is 582. The lowest BCUT2D eigenvalue weighted by atomic mass is 10.1. The fourth-order valence-electron chi connectivity index (χ4n) is 2.24. The van der Waals surface area contributed by atoms with E-state index >= 15 is 0 Å². The quantitative estimate of drug-likeness (QED) is 0.755. The molecule has 114 valence electrons. The second-order valence-corrected chi connectivity index (χ2v) is 6.66. The summed E-state index contributed by atoms with van der Waals surface area (Å²) in [5, 5.41) is 4.15. The van der Waals surface area contributed by atoms with Crippen LogP contribution in [0, 0.1) is 0 Å². The SMILES string of the molecule is CCNC(C)c1cc(Cl)ccc1OCc1ccc(CC)s1. The van der Waals surface area contributed by atoms with Gasteiger partial charge in [-0.25, -0.2) is 0 Å². The van der Waals surface area contributed by atoms with Crippen LogP contribution in [0.4, 0.5) is 0 Å². The zero-order valence-corrected chi connectivity index (χ0v) is 14.4. The number of hydrogen-bond acceptors (Lipinski definition) is 3. The van der Waals surface area contributed by atoms with Crippen molar-refractivity contribution >= 4 is 22.9 Å². The molecule has 0 bridgehead atoms. The van der Waals surface area contributed by atoms with Crippen molar-refractivity contribution in [2.45, 2.75) is 39.8 Å². The minimum Gasteiger partial charge on any atom is -0.488 e. The molecule has 1 atom stereocenters. The van der Waals surface area contributed by atoms with Crippen molar-refractivity contribution in [3.63, 3.8) is 0 Å². The number of halogens is 1. The van der Waals surface area contributed by atoms with Crippen LogP contribution in [-0.4, -0.2) is 6.54 Å². The molecule has 0 aliphatic heterocycles. The van der Waals surface area contributed by atoms with Crippen molar-refractivity contribution in [1.29, 1.82) is 0 Å². The first-order chi connectivity index (χ1) is 10.1. The van der Waals surface area contributed by atoms with E-state index in [1.54, 1.807) is 0 Å². The number of rotatable bonds is 7. The van der Waals surface area contributed by atoms with Gasteiger partial charge in [0.25, 0.3) is 0 Å². The summed E-state index contributed by atoms with van der Waals surface area (Å²) < 4.78 is 6.02. The maximum absolute atomic E-state index is 6.12. The summed E-state index contributed by atoms with van der Waals surface area (Å²) in [6.07, 6.45) is 1.08. The summed E-state index contributed by atoms with van der Waals surface area (Å²) in [6, 6.07) is 10.4. The van der Waals surface area contributed by atoms with E-state index in [0.29, 0.717) is 6.61 Å². The molecule has 1 unspecified atom stereocenters. The Morgan fingerprint density at radius 2 is 1.95 bits per heavy atom. The van der Waals surface area contributed by atoms with Gasteiger partial charge in [0.15, 0.2) is 0 Å². The summed E-state index contributed by atoms with van der Waals surface area (Å²) in [5.41, 5.74) is 1.11. The molecule has 2 rings (SSSR count). The lowest BCUT2D eigenvalue weighted by Gasteiger charge is -2.18. The molecule has 2 nitrogen and oxygen atoms in total. The van der Waals surface area contributed by atoms with Crippen LogP contribution >= 0.6 is 22.9 Å². The summed E-state index contributed by atoms with van der Waals surface area (Å²) in [7, 11) is 0. The Kier molecular flexibility index (Phi) is 6.09. The first-order valence-corrected chi connectivity index (χ1v) is 8.56. The van der Waals surface area contributed by atoms with Gasteiger partial charge in [-0.05, 0) is 50.2 Å². The highest BCUT2D eigenvalue weighted by molar-refractivity contribution is 7.11. The molecule has 1 aromatic heterocycles. The Morgan fingerprint density at radius 3 is 2.62 bits per heavy atom. The average molecular weight is 324 g/mol. The molecule has 4 heteroatoms. The van der Waals surface area contributed by atoms with Gasteiger partial charge in [0.1, 0.15) is 12.4 Å². The molecule has 0 saturated heterocycles. The zero-order valence-electron chi connectivity index (χ0n) is 12.8. The van der Waals surface area contributed by atoms with Gasteiger partial charge in [-0.15, -0.1) is 11.3 Å². The number of ether oxygens (including phenoxy) is 1. The first-order valence-electron chi connectivity index (χ1n) is 7.37. The molecule has 0 saturated carbocycles. The van der Waals surface area contributed by atoms with E-state index in [4.69, 9.17) is 16.3 Å². The molecule has 21 heavy (non-hydrogen) atoms. The molecule has 0 radical (unpaired) electrons. The highest BCUT2D eigenvalue weighted by atomic mass is 35.5. The van der Waals surface area contributed by atoms with Crippen molar-refractivity contribution < 1.29 is 4.74 Å². The van der Waals surface area contributed by atoms with E-state index in [1.807, 2.05) is 29.5 Å². The molecule has 0 amide bonds. The Labute approximate surface area is 136 Å². The molecular weight excluding hydrogens is 302 g/mol. The van der Waals surface area contributed by atoms with Crippen LogP contribution in [0.1, 0.15) is 42.1 Å². The average Bonchev–Trinajstić information content (AvgIpc) is 2.94. The van der Waals surface area contributed by atoms with Crippen molar-refractivity contribution in [1.82, 2.24) is 5.32 Å². The minimum atomic E-state index is 0.221. The highest BCUT2D eigenvalue weighted by Gasteiger charge is 2.12. The summed E-state index contributed by atoms with van der Waals surface area (Å²) in [6.45, 7) is 7.92. The number of aryl methyl sites for hydroxylation is 1. The third-order valence-corrected chi connectivity index (χ3v) is 4.82. The molecule has 0 aliphatic carbocycles. The van der Waals surface area contributed by atoms with Crippen LogP contribution in [-0.2, 0) is 13.0 Å². The zero-order chi connectivity index (χ0) is 15.2. The van der Waals surface area contributed by atoms with Gasteiger partial charge >= 0.3 is 0 Å². The van der Waals surface area contributed by atoms with Crippen LogP contribution in [0.3, 0.4) is 0 Å².